The minimum atomic E-state index is -0.993. The fourth-order valence-electron chi connectivity index (χ4n) is 4.53. The summed E-state index contributed by atoms with van der Waals surface area (Å²) in [7, 11) is 0. The van der Waals surface area contributed by atoms with E-state index in [0.29, 0.717) is 12.0 Å². The van der Waals surface area contributed by atoms with Crippen molar-refractivity contribution in [1.82, 2.24) is 0 Å². The Bertz CT molecular complexity index is 993. The van der Waals surface area contributed by atoms with Gasteiger partial charge in [-0.2, -0.15) is 0 Å². The molecule has 148 valence electrons. The zero-order valence-corrected chi connectivity index (χ0v) is 16.4. The first-order valence-corrected chi connectivity index (χ1v) is 8.95. The van der Waals surface area contributed by atoms with Gasteiger partial charge < -0.3 is 5.32 Å². The first kappa shape index (κ1) is 19.9. The van der Waals surface area contributed by atoms with Crippen LogP contribution in [0.15, 0.2) is 24.3 Å². The van der Waals surface area contributed by atoms with Crippen LogP contribution in [-0.2, 0) is 10.8 Å². The first-order valence-electron chi connectivity index (χ1n) is 8.95. The summed E-state index contributed by atoms with van der Waals surface area (Å²) < 4.78 is 27.9. The lowest BCUT2D eigenvalue weighted by Gasteiger charge is -2.22. The number of nitro benzene ring substituents is 1. The number of carbonyl (C=O) groups excluding carboxylic acids is 1. The molecular formula is C21H22F2N2O3. The second-order valence-corrected chi connectivity index (χ2v) is 8.57. The van der Waals surface area contributed by atoms with Gasteiger partial charge in [-0.25, -0.2) is 8.78 Å². The smallest absolute Gasteiger partial charge is 0.278 e. The van der Waals surface area contributed by atoms with Gasteiger partial charge in [-0.1, -0.05) is 33.8 Å². The van der Waals surface area contributed by atoms with Crippen molar-refractivity contribution in [3.63, 3.8) is 0 Å². The molecule has 1 N–H and O–H groups in total. The molecule has 0 fully saturated rings. The normalized spacial score (nSPS) is 16.5. The Labute approximate surface area is 161 Å². The second kappa shape index (κ2) is 6.36. The number of benzene rings is 2. The van der Waals surface area contributed by atoms with E-state index in [2.05, 4.69) is 5.32 Å². The quantitative estimate of drug-likeness (QED) is 0.566. The molecular weight excluding hydrogens is 366 g/mol. The number of nitro groups is 1. The Morgan fingerprint density at radius 3 is 2.25 bits per heavy atom. The van der Waals surface area contributed by atoms with Crippen LogP contribution in [0.5, 0.6) is 0 Å². The summed E-state index contributed by atoms with van der Waals surface area (Å²) in [6.45, 7) is 9.43. The molecule has 1 amide bonds. The van der Waals surface area contributed by atoms with E-state index in [1.807, 2.05) is 27.7 Å². The lowest BCUT2D eigenvalue weighted by Crippen LogP contribution is -2.19. The molecule has 7 heteroatoms. The monoisotopic (exact) mass is 388 g/mol. The zero-order valence-electron chi connectivity index (χ0n) is 16.4. The van der Waals surface area contributed by atoms with E-state index >= 15 is 0 Å². The highest BCUT2D eigenvalue weighted by Gasteiger charge is 2.47. The fraction of sp³-hybridized carbons (Fsp3) is 0.381. The molecule has 3 rings (SSSR count). The number of anilines is 1. The first-order chi connectivity index (χ1) is 12.9. The van der Waals surface area contributed by atoms with E-state index < -0.39 is 33.4 Å². The van der Waals surface area contributed by atoms with Crippen LogP contribution in [0, 0.1) is 28.7 Å². The number of rotatable bonds is 3. The molecule has 0 spiro atoms. The molecule has 0 aliphatic heterocycles. The van der Waals surface area contributed by atoms with Gasteiger partial charge in [0.2, 0.25) is 0 Å². The molecule has 0 bridgehead atoms. The van der Waals surface area contributed by atoms with E-state index in [0.717, 1.165) is 23.8 Å². The maximum atomic E-state index is 13.9. The molecule has 2 aromatic carbocycles. The number of amides is 1. The third kappa shape index (κ3) is 3.04. The van der Waals surface area contributed by atoms with Crippen LogP contribution in [0.4, 0.5) is 20.2 Å². The maximum Gasteiger partial charge on any atom is 0.278 e. The number of fused-ring (bicyclic) bond motifs is 1. The van der Waals surface area contributed by atoms with Crippen LogP contribution in [-0.4, -0.2) is 10.8 Å². The lowest BCUT2D eigenvalue weighted by molar-refractivity contribution is -0.386. The zero-order chi connectivity index (χ0) is 21.0. The summed E-state index contributed by atoms with van der Waals surface area (Å²) in [4.78, 5) is 23.9. The van der Waals surface area contributed by atoms with Crippen molar-refractivity contribution in [2.75, 3.05) is 5.32 Å². The number of hydrogen-bond acceptors (Lipinski definition) is 3. The minimum absolute atomic E-state index is 0.0580. The van der Waals surface area contributed by atoms with Gasteiger partial charge in [0.1, 0.15) is 17.2 Å². The average Bonchev–Trinajstić information content (AvgIpc) is 2.72. The van der Waals surface area contributed by atoms with Crippen LogP contribution in [0.1, 0.15) is 61.2 Å². The molecule has 0 radical (unpaired) electrons. The van der Waals surface area contributed by atoms with Crippen molar-refractivity contribution >= 4 is 17.3 Å². The van der Waals surface area contributed by atoms with E-state index in [9.17, 15) is 23.7 Å². The Morgan fingerprint density at radius 2 is 1.71 bits per heavy atom. The number of nitrogens with zero attached hydrogens (tertiary/aromatic N) is 1. The summed E-state index contributed by atoms with van der Waals surface area (Å²) in [6.07, 6.45) is 0.703. The van der Waals surface area contributed by atoms with E-state index in [-0.39, 0.29) is 22.4 Å². The van der Waals surface area contributed by atoms with Crippen LogP contribution >= 0.6 is 0 Å². The largest absolute Gasteiger partial charge is 0.321 e. The Kier molecular flexibility index (Phi) is 4.52. The highest BCUT2D eigenvalue weighted by molar-refractivity contribution is 6.05. The Balaban J connectivity index is 2.18. The van der Waals surface area contributed by atoms with Gasteiger partial charge in [-0.05, 0) is 47.9 Å². The van der Waals surface area contributed by atoms with Gasteiger partial charge in [0, 0.05) is 5.56 Å². The second-order valence-electron chi connectivity index (χ2n) is 8.57. The molecule has 28 heavy (non-hydrogen) atoms. The molecule has 0 heterocycles. The predicted octanol–water partition coefficient (Wildman–Crippen LogP) is 5.39. The Morgan fingerprint density at radius 1 is 1.14 bits per heavy atom. The molecule has 5 nitrogen and oxygen atoms in total. The van der Waals surface area contributed by atoms with Crippen LogP contribution in [0.2, 0.25) is 0 Å². The van der Waals surface area contributed by atoms with E-state index in [1.165, 1.54) is 6.92 Å². The van der Waals surface area contributed by atoms with Crippen LogP contribution in [0.3, 0.4) is 0 Å². The van der Waals surface area contributed by atoms with Crippen molar-refractivity contribution in [2.45, 2.75) is 51.9 Å². The van der Waals surface area contributed by atoms with Crippen LogP contribution in [0.25, 0.3) is 0 Å². The summed E-state index contributed by atoms with van der Waals surface area (Å²) in [5.74, 6) is -2.97. The predicted molar refractivity (Wildman–Crippen MR) is 103 cm³/mol. The minimum Gasteiger partial charge on any atom is -0.321 e. The topological polar surface area (TPSA) is 72.2 Å². The van der Waals surface area contributed by atoms with Gasteiger partial charge in [-0.3, -0.25) is 14.9 Å². The summed E-state index contributed by atoms with van der Waals surface area (Å²) in [6, 6.07) is 4.84. The molecule has 1 aliphatic rings. The number of carbonyl (C=O) groups is 1. The van der Waals surface area contributed by atoms with Gasteiger partial charge in [0.05, 0.1) is 16.2 Å². The van der Waals surface area contributed by atoms with Crippen molar-refractivity contribution in [2.24, 2.45) is 0 Å². The molecule has 1 aliphatic carbocycles. The maximum absolute atomic E-state index is 13.9. The standard InChI is InChI=1S/C21H22F2N2O3/c1-11-15(24-19(26)16-13(22)7-6-8-14(16)23)9-12-17(18(11)25(27)28)21(4,5)10-20(12,2)3/h6-9H,10H2,1-5H3,(H,24,26). The summed E-state index contributed by atoms with van der Waals surface area (Å²) >= 11 is 0. The van der Waals surface area contributed by atoms with Gasteiger partial charge in [0.25, 0.3) is 11.6 Å². The molecule has 0 aromatic heterocycles. The Hall–Kier alpha value is -2.83. The lowest BCUT2D eigenvalue weighted by atomic mass is 9.81. The third-order valence-corrected chi connectivity index (χ3v) is 5.46. The molecule has 0 saturated carbocycles. The van der Waals surface area contributed by atoms with E-state index in [4.69, 9.17) is 0 Å². The van der Waals surface area contributed by atoms with Gasteiger partial charge in [0.15, 0.2) is 0 Å². The van der Waals surface area contributed by atoms with Gasteiger partial charge in [-0.15, -0.1) is 0 Å². The van der Waals surface area contributed by atoms with Crippen molar-refractivity contribution < 1.29 is 18.5 Å². The molecule has 2 aromatic rings. The number of hydrogen-bond donors (Lipinski definition) is 1. The summed E-state index contributed by atoms with van der Waals surface area (Å²) in [5.41, 5.74) is 0.325. The number of halogens is 2. The van der Waals surface area contributed by atoms with Crippen molar-refractivity contribution in [1.29, 1.82) is 0 Å². The molecule has 0 atom stereocenters. The SMILES string of the molecule is Cc1c(NC(=O)c2c(F)cccc2F)cc2c(c1[N+](=O)[O-])C(C)(C)CC2(C)C. The molecule has 0 unspecified atom stereocenters. The van der Waals surface area contributed by atoms with Crippen LogP contribution < -0.4 is 5.32 Å². The average molecular weight is 388 g/mol. The highest BCUT2D eigenvalue weighted by Crippen LogP contribution is 2.54. The van der Waals surface area contributed by atoms with Crippen molar-refractivity contribution in [3.8, 4) is 0 Å². The molecule has 0 saturated heterocycles. The highest BCUT2D eigenvalue weighted by atomic mass is 19.1. The summed E-state index contributed by atoms with van der Waals surface area (Å²) in [5, 5.41) is 14.3. The third-order valence-electron chi connectivity index (χ3n) is 5.46. The van der Waals surface area contributed by atoms with Gasteiger partial charge >= 0.3 is 0 Å². The van der Waals surface area contributed by atoms with E-state index in [1.54, 1.807) is 6.07 Å². The fourth-order valence-corrected chi connectivity index (χ4v) is 4.53. The number of nitrogens with one attached hydrogen (secondary N) is 1. The van der Waals surface area contributed by atoms with Crippen molar-refractivity contribution in [3.05, 3.63) is 68.3 Å².